The highest BCUT2D eigenvalue weighted by Crippen LogP contribution is 2.41. The van der Waals surface area contributed by atoms with Crippen molar-refractivity contribution in [2.75, 3.05) is 12.4 Å². The average molecular weight is 422 g/mol. The molecule has 1 aliphatic rings. The van der Waals surface area contributed by atoms with Crippen LogP contribution in [0.15, 0.2) is 46.4 Å². The van der Waals surface area contributed by atoms with Crippen LogP contribution >= 0.6 is 11.3 Å². The Morgan fingerprint density at radius 3 is 2.54 bits per heavy atom. The summed E-state index contributed by atoms with van der Waals surface area (Å²) in [5.74, 6) is -1.18. The van der Waals surface area contributed by atoms with Crippen LogP contribution in [-0.2, 0) is 24.3 Å². The number of hydrogen-bond acceptors (Lipinski definition) is 7. The summed E-state index contributed by atoms with van der Waals surface area (Å²) in [6.07, 6.45) is 1.49. The number of thiophene rings is 1. The molecule has 0 saturated carbocycles. The maximum absolute atomic E-state index is 12.9. The van der Waals surface area contributed by atoms with E-state index >= 15 is 0 Å². The minimum absolute atomic E-state index is 0.00825. The molecule has 0 bridgehead atoms. The second kappa shape index (κ2) is 7.02. The predicted octanol–water partition coefficient (Wildman–Crippen LogP) is 2.67. The molecule has 0 atom stereocenters. The number of carbonyl (C=O) groups excluding carboxylic acids is 2. The quantitative estimate of drug-likeness (QED) is 0.764. The Hall–Kier alpha value is -2.72. The van der Waals surface area contributed by atoms with Gasteiger partial charge in [-0.3, -0.25) is 13.9 Å². The second-order valence-electron chi connectivity index (χ2n) is 7.07. The number of sulfonamides is 1. The fraction of sp³-hybridized carbons (Fsp3) is 0.278. The highest BCUT2D eigenvalue weighted by Gasteiger charge is 2.41. The molecule has 148 valence electrons. The van der Waals surface area contributed by atoms with Crippen molar-refractivity contribution in [1.29, 1.82) is 0 Å². The zero-order valence-electron chi connectivity index (χ0n) is 15.7. The number of fused-ring (bicyclic) bond motifs is 1. The summed E-state index contributed by atoms with van der Waals surface area (Å²) in [5, 5.41) is 4.11. The van der Waals surface area contributed by atoms with Gasteiger partial charge in [0.1, 0.15) is 10.7 Å². The number of nitrogens with one attached hydrogen (secondary N) is 1. The van der Waals surface area contributed by atoms with E-state index in [2.05, 4.69) is 10.3 Å². The summed E-state index contributed by atoms with van der Waals surface area (Å²) in [4.78, 5) is 29.6. The van der Waals surface area contributed by atoms with E-state index in [0.717, 1.165) is 15.6 Å². The number of anilines is 1. The molecule has 1 amide bonds. The Balaban J connectivity index is 2.14. The Morgan fingerprint density at radius 1 is 1.21 bits per heavy atom. The minimum atomic E-state index is -3.95. The Kier molecular flexibility index (Phi) is 5.02. The number of ether oxygens (including phenoxy) is 1. The number of amides is 1. The fourth-order valence-electron chi connectivity index (χ4n) is 2.38. The van der Waals surface area contributed by atoms with Gasteiger partial charge in [0.15, 0.2) is 11.5 Å². The van der Waals surface area contributed by atoms with Crippen LogP contribution in [0.1, 0.15) is 25.6 Å². The molecule has 0 unspecified atom stereocenters. The molecule has 0 aromatic carbocycles. The average Bonchev–Trinajstić information content (AvgIpc) is 3.10. The molecule has 8 nitrogen and oxygen atoms in total. The van der Waals surface area contributed by atoms with Gasteiger partial charge in [0, 0.05) is 13.2 Å². The van der Waals surface area contributed by atoms with E-state index in [1.807, 2.05) is 0 Å². The monoisotopic (exact) mass is 421 g/mol. The largest absolute Gasteiger partial charge is 0.422 e. The fourth-order valence-corrected chi connectivity index (χ4v) is 4.97. The van der Waals surface area contributed by atoms with Gasteiger partial charge >= 0.3 is 5.97 Å². The molecule has 1 N–H and O–H groups in total. The molecule has 2 aromatic rings. The van der Waals surface area contributed by atoms with Crippen molar-refractivity contribution in [3.05, 3.63) is 46.4 Å². The lowest BCUT2D eigenvalue weighted by molar-refractivity contribution is -0.145. The van der Waals surface area contributed by atoms with E-state index in [9.17, 15) is 18.0 Å². The summed E-state index contributed by atoms with van der Waals surface area (Å²) < 4.78 is 32.0. The van der Waals surface area contributed by atoms with Gasteiger partial charge in [0.25, 0.3) is 15.9 Å². The first-order valence-electron chi connectivity index (χ1n) is 8.29. The topological polar surface area (TPSA) is 106 Å². The first-order valence-corrected chi connectivity index (χ1v) is 10.6. The molecule has 1 aliphatic heterocycles. The smallest absolute Gasteiger partial charge is 0.316 e. The van der Waals surface area contributed by atoms with E-state index in [1.54, 1.807) is 44.4 Å². The van der Waals surface area contributed by atoms with Crippen LogP contribution in [0.2, 0.25) is 0 Å². The maximum Gasteiger partial charge on any atom is 0.316 e. The van der Waals surface area contributed by atoms with E-state index in [0.29, 0.717) is 0 Å². The summed E-state index contributed by atoms with van der Waals surface area (Å²) in [7, 11) is -2.71. The van der Waals surface area contributed by atoms with Crippen molar-refractivity contribution in [2.45, 2.75) is 25.7 Å². The molecule has 3 heterocycles. The predicted molar refractivity (Wildman–Crippen MR) is 105 cm³/mol. The van der Waals surface area contributed by atoms with E-state index in [4.69, 9.17) is 4.74 Å². The van der Waals surface area contributed by atoms with Crippen molar-refractivity contribution in [3.8, 4) is 0 Å². The highest BCUT2D eigenvalue weighted by atomic mass is 32.2. The molecular weight excluding hydrogens is 402 g/mol. The SMILES string of the molecule is CN1C(C(=O)Nc2ccccn2)=C(OC(=O)C(C)(C)C)c2sccc2S1(=O)=O. The molecule has 10 heteroatoms. The number of rotatable bonds is 3. The van der Waals surface area contributed by atoms with Gasteiger partial charge in [-0.1, -0.05) is 6.07 Å². The lowest BCUT2D eigenvalue weighted by atomic mass is 9.97. The van der Waals surface area contributed by atoms with E-state index in [1.165, 1.54) is 19.3 Å². The number of likely N-dealkylation sites (N-methyl/N-ethyl adjacent to an activating group) is 1. The zero-order chi connectivity index (χ0) is 20.7. The number of aromatic nitrogens is 1. The van der Waals surface area contributed by atoms with Crippen LogP contribution in [-0.4, -0.2) is 36.6 Å². The van der Waals surface area contributed by atoms with Gasteiger partial charge in [0.05, 0.1) is 10.3 Å². The molecule has 0 saturated heterocycles. The number of carbonyl (C=O) groups is 2. The summed E-state index contributed by atoms with van der Waals surface area (Å²) in [6, 6.07) is 6.34. The van der Waals surface area contributed by atoms with Gasteiger partial charge in [-0.25, -0.2) is 13.4 Å². The lowest BCUT2D eigenvalue weighted by Crippen LogP contribution is -2.38. The van der Waals surface area contributed by atoms with Crippen molar-refractivity contribution in [1.82, 2.24) is 9.29 Å². The highest BCUT2D eigenvalue weighted by molar-refractivity contribution is 7.89. The van der Waals surface area contributed by atoms with Gasteiger partial charge < -0.3 is 10.1 Å². The van der Waals surface area contributed by atoms with Gasteiger partial charge in [-0.2, -0.15) is 0 Å². The van der Waals surface area contributed by atoms with Crippen molar-refractivity contribution >= 4 is 44.8 Å². The summed E-state index contributed by atoms with van der Waals surface area (Å²) in [5.41, 5.74) is -1.12. The van der Waals surface area contributed by atoms with Crippen LogP contribution < -0.4 is 5.32 Å². The van der Waals surface area contributed by atoms with Crippen LogP contribution in [0.25, 0.3) is 5.76 Å². The number of esters is 1. The number of nitrogens with zero attached hydrogens (tertiary/aromatic N) is 2. The first kappa shape index (κ1) is 20.0. The molecule has 0 radical (unpaired) electrons. The van der Waals surface area contributed by atoms with E-state index in [-0.39, 0.29) is 27.0 Å². The summed E-state index contributed by atoms with van der Waals surface area (Å²) in [6.45, 7) is 5.01. The minimum Gasteiger partial charge on any atom is -0.422 e. The van der Waals surface area contributed by atoms with Crippen LogP contribution in [0.3, 0.4) is 0 Å². The van der Waals surface area contributed by atoms with E-state index < -0.39 is 27.3 Å². The van der Waals surface area contributed by atoms with Gasteiger partial charge in [-0.05, 0) is 44.4 Å². The Bertz CT molecular complexity index is 1070. The molecule has 3 rings (SSSR count). The zero-order valence-corrected chi connectivity index (χ0v) is 17.3. The molecule has 0 aliphatic carbocycles. The standard InChI is InChI=1S/C18H19N3O5S2/c1-18(2,3)17(23)26-14-13(16(22)20-12-7-5-6-9-19-12)21(4)28(24,25)11-8-10-27-15(11)14/h5-10H,1-4H3,(H,19,20,22). The van der Waals surface area contributed by atoms with Crippen molar-refractivity contribution < 1.29 is 22.7 Å². The molecule has 0 fully saturated rings. The lowest BCUT2D eigenvalue weighted by Gasteiger charge is -2.29. The first-order chi connectivity index (χ1) is 13.0. The second-order valence-corrected chi connectivity index (χ2v) is 9.93. The molecular formula is C18H19N3O5S2. The third kappa shape index (κ3) is 3.52. The molecule has 2 aromatic heterocycles. The Labute approximate surface area is 166 Å². The summed E-state index contributed by atoms with van der Waals surface area (Å²) >= 11 is 1.08. The van der Waals surface area contributed by atoms with Crippen molar-refractivity contribution in [2.24, 2.45) is 5.41 Å². The third-order valence-corrected chi connectivity index (χ3v) is 6.77. The van der Waals surface area contributed by atoms with Crippen LogP contribution in [0, 0.1) is 5.41 Å². The Morgan fingerprint density at radius 2 is 1.93 bits per heavy atom. The van der Waals surface area contributed by atoms with Crippen LogP contribution in [0.5, 0.6) is 0 Å². The van der Waals surface area contributed by atoms with Gasteiger partial charge in [-0.15, -0.1) is 11.3 Å². The molecule has 28 heavy (non-hydrogen) atoms. The normalized spacial score (nSPS) is 15.8. The maximum atomic E-state index is 12.9. The number of hydrogen-bond donors (Lipinski definition) is 1. The molecule has 0 spiro atoms. The third-order valence-electron chi connectivity index (χ3n) is 3.93. The van der Waals surface area contributed by atoms with Crippen LogP contribution in [0.4, 0.5) is 5.82 Å². The number of pyridine rings is 1. The van der Waals surface area contributed by atoms with Gasteiger partial charge in [0.2, 0.25) is 0 Å². The van der Waals surface area contributed by atoms with Crippen molar-refractivity contribution in [3.63, 3.8) is 0 Å².